The highest BCUT2D eigenvalue weighted by Crippen LogP contribution is 2.28. The first-order valence-corrected chi connectivity index (χ1v) is 8.02. The summed E-state index contributed by atoms with van der Waals surface area (Å²) in [6, 6.07) is 11.3. The number of thiophene rings is 1. The molecule has 0 fully saturated rings. The zero-order valence-corrected chi connectivity index (χ0v) is 14.0. The van der Waals surface area contributed by atoms with Crippen LogP contribution in [0.4, 0.5) is 0 Å². The summed E-state index contributed by atoms with van der Waals surface area (Å²) >= 11 is 7.35. The topological polar surface area (TPSA) is 47.6 Å². The van der Waals surface area contributed by atoms with Gasteiger partial charge in [-0.25, -0.2) is 0 Å². The molecule has 1 aromatic heterocycles. The molecular formula is C16H18ClNO3S. The van der Waals surface area contributed by atoms with Crippen molar-refractivity contribution in [2.75, 3.05) is 20.3 Å². The number of methoxy groups -OCH3 is 1. The van der Waals surface area contributed by atoms with E-state index >= 15 is 0 Å². The Bertz CT molecular complexity index is 629. The van der Waals surface area contributed by atoms with Gasteiger partial charge in [-0.05, 0) is 36.8 Å². The van der Waals surface area contributed by atoms with E-state index in [4.69, 9.17) is 21.1 Å². The van der Waals surface area contributed by atoms with Crippen LogP contribution in [-0.2, 0) is 9.53 Å². The molecule has 6 heteroatoms. The second kappa shape index (κ2) is 8.17. The van der Waals surface area contributed by atoms with Gasteiger partial charge in [0.2, 0.25) is 0 Å². The lowest BCUT2D eigenvalue weighted by Crippen LogP contribution is -2.32. The molecule has 0 bridgehead atoms. The Labute approximate surface area is 139 Å². The summed E-state index contributed by atoms with van der Waals surface area (Å²) < 4.78 is 11.5. The average molecular weight is 340 g/mol. The number of aryl methyl sites for hydroxylation is 1. The molecule has 1 atom stereocenters. The van der Waals surface area contributed by atoms with Crippen molar-refractivity contribution < 1.29 is 14.3 Å². The van der Waals surface area contributed by atoms with Crippen molar-refractivity contribution >= 4 is 28.8 Å². The van der Waals surface area contributed by atoms with Gasteiger partial charge >= 0.3 is 0 Å². The zero-order chi connectivity index (χ0) is 15.9. The molecule has 22 heavy (non-hydrogen) atoms. The Morgan fingerprint density at radius 1 is 1.36 bits per heavy atom. The second-order valence-electron chi connectivity index (χ2n) is 4.78. The first kappa shape index (κ1) is 16.8. The van der Waals surface area contributed by atoms with Crippen LogP contribution in [0.1, 0.15) is 16.5 Å². The van der Waals surface area contributed by atoms with E-state index in [-0.39, 0.29) is 18.6 Å². The maximum Gasteiger partial charge on any atom is 0.258 e. The molecule has 0 saturated heterocycles. The van der Waals surface area contributed by atoms with Crippen molar-refractivity contribution in [2.24, 2.45) is 0 Å². The summed E-state index contributed by atoms with van der Waals surface area (Å²) in [6.45, 7) is 2.33. The van der Waals surface area contributed by atoms with Crippen LogP contribution in [0.25, 0.3) is 0 Å². The summed E-state index contributed by atoms with van der Waals surface area (Å²) in [6.07, 6.45) is -0.208. The van der Waals surface area contributed by atoms with Crippen LogP contribution < -0.4 is 10.1 Å². The quantitative estimate of drug-likeness (QED) is 0.838. The predicted molar refractivity (Wildman–Crippen MR) is 88.8 cm³/mol. The van der Waals surface area contributed by atoms with Gasteiger partial charge in [0.15, 0.2) is 6.61 Å². The third-order valence-electron chi connectivity index (χ3n) is 3.04. The first-order valence-electron chi connectivity index (χ1n) is 6.82. The number of hydrogen-bond acceptors (Lipinski definition) is 4. The standard InChI is InChI=1S/C16H18ClNO3S/c1-11-4-3-5-12(8-11)21-10-16(19)18-9-13(20-2)14-6-7-15(17)22-14/h3-8,13H,9-10H2,1-2H3,(H,18,19). The molecule has 1 unspecified atom stereocenters. The van der Waals surface area contributed by atoms with Crippen LogP contribution >= 0.6 is 22.9 Å². The van der Waals surface area contributed by atoms with Gasteiger partial charge in [0.1, 0.15) is 11.9 Å². The summed E-state index contributed by atoms with van der Waals surface area (Å²) in [4.78, 5) is 12.8. The summed E-state index contributed by atoms with van der Waals surface area (Å²) in [5.74, 6) is 0.495. The number of ether oxygens (including phenoxy) is 2. The average Bonchev–Trinajstić information content (AvgIpc) is 2.92. The van der Waals surface area contributed by atoms with Crippen LogP contribution in [0.5, 0.6) is 5.75 Å². The number of hydrogen-bond donors (Lipinski definition) is 1. The molecule has 0 aliphatic rings. The summed E-state index contributed by atoms with van der Waals surface area (Å²) in [7, 11) is 1.60. The van der Waals surface area contributed by atoms with E-state index in [2.05, 4.69) is 5.32 Å². The van der Waals surface area contributed by atoms with Gasteiger partial charge in [-0.2, -0.15) is 0 Å². The third-order valence-corrected chi connectivity index (χ3v) is 4.36. The molecule has 1 aromatic carbocycles. The van der Waals surface area contributed by atoms with E-state index < -0.39 is 0 Å². The van der Waals surface area contributed by atoms with Gasteiger partial charge in [-0.1, -0.05) is 23.7 Å². The highest BCUT2D eigenvalue weighted by Gasteiger charge is 2.14. The lowest BCUT2D eigenvalue weighted by atomic mass is 10.2. The van der Waals surface area contributed by atoms with Crippen molar-refractivity contribution in [1.82, 2.24) is 5.32 Å². The fraction of sp³-hybridized carbons (Fsp3) is 0.312. The van der Waals surface area contributed by atoms with Crippen molar-refractivity contribution in [3.63, 3.8) is 0 Å². The van der Waals surface area contributed by atoms with Gasteiger partial charge in [-0.15, -0.1) is 11.3 Å². The number of amides is 1. The minimum Gasteiger partial charge on any atom is -0.484 e. The molecule has 1 heterocycles. The van der Waals surface area contributed by atoms with Crippen LogP contribution in [0.3, 0.4) is 0 Å². The minimum absolute atomic E-state index is 0.0227. The molecule has 1 N–H and O–H groups in total. The van der Waals surface area contributed by atoms with E-state index in [0.717, 1.165) is 10.4 Å². The molecule has 118 valence electrons. The van der Waals surface area contributed by atoms with Crippen molar-refractivity contribution in [1.29, 1.82) is 0 Å². The monoisotopic (exact) mass is 339 g/mol. The largest absolute Gasteiger partial charge is 0.484 e. The minimum atomic E-state index is -0.208. The first-order chi connectivity index (χ1) is 10.6. The molecule has 2 rings (SSSR count). The van der Waals surface area contributed by atoms with Crippen molar-refractivity contribution in [2.45, 2.75) is 13.0 Å². The van der Waals surface area contributed by atoms with Crippen molar-refractivity contribution in [3.8, 4) is 5.75 Å². The van der Waals surface area contributed by atoms with Gasteiger partial charge < -0.3 is 14.8 Å². The number of carbonyl (C=O) groups excluding carboxylic acids is 1. The molecule has 0 spiro atoms. The van der Waals surface area contributed by atoms with E-state index in [1.807, 2.05) is 43.3 Å². The number of carbonyl (C=O) groups is 1. The summed E-state index contributed by atoms with van der Waals surface area (Å²) in [5.41, 5.74) is 1.09. The highest BCUT2D eigenvalue weighted by atomic mass is 35.5. The summed E-state index contributed by atoms with van der Waals surface area (Å²) in [5, 5.41) is 2.80. The Morgan fingerprint density at radius 2 is 2.18 bits per heavy atom. The molecule has 0 aliphatic heterocycles. The fourth-order valence-electron chi connectivity index (χ4n) is 1.91. The third kappa shape index (κ3) is 5.02. The van der Waals surface area contributed by atoms with E-state index in [1.165, 1.54) is 11.3 Å². The van der Waals surface area contributed by atoms with E-state index in [9.17, 15) is 4.79 Å². The van der Waals surface area contributed by atoms with E-state index in [0.29, 0.717) is 16.6 Å². The number of benzene rings is 1. The number of nitrogens with one attached hydrogen (secondary N) is 1. The predicted octanol–water partition coefficient (Wildman–Crippen LogP) is 3.59. The Kier molecular flexibility index (Phi) is 6.24. The van der Waals surface area contributed by atoms with Gasteiger partial charge in [0, 0.05) is 18.5 Å². The number of halogens is 1. The van der Waals surface area contributed by atoms with E-state index in [1.54, 1.807) is 7.11 Å². The normalized spacial score (nSPS) is 12.0. The molecule has 2 aromatic rings. The zero-order valence-electron chi connectivity index (χ0n) is 12.5. The fourth-order valence-corrected chi connectivity index (χ4v) is 3.05. The maximum absolute atomic E-state index is 11.8. The van der Waals surface area contributed by atoms with Crippen LogP contribution in [0.2, 0.25) is 4.34 Å². The lowest BCUT2D eigenvalue weighted by Gasteiger charge is -2.15. The SMILES string of the molecule is COC(CNC(=O)COc1cccc(C)c1)c1ccc(Cl)s1. The van der Waals surface area contributed by atoms with Crippen LogP contribution in [-0.4, -0.2) is 26.2 Å². The van der Waals surface area contributed by atoms with Crippen LogP contribution in [0, 0.1) is 6.92 Å². The maximum atomic E-state index is 11.8. The molecular weight excluding hydrogens is 322 g/mol. The van der Waals surface area contributed by atoms with Gasteiger partial charge in [0.05, 0.1) is 4.34 Å². The van der Waals surface area contributed by atoms with Gasteiger partial charge in [0.25, 0.3) is 5.91 Å². The Balaban J connectivity index is 1.79. The van der Waals surface area contributed by atoms with Crippen LogP contribution in [0.15, 0.2) is 36.4 Å². The van der Waals surface area contributed by atoms with Crippen molar-refractivity contribution in [3.05, 3.63) is 51.2 Å². The molecule has 4 nitrogen and oxygen atoms in total. The molecule has 0 saturated carbocycles. The second-order valence-corrected chi connectivity index (χ2v) is 6.52. The smallest absolute Gasteiger partial charge is 0.258 e. The number of rotatable bonds is 7. The Hall–Kier alpha value is -1.56. The highest BCUT2D eigenvalue weighted by molar-refractivity contribution is 7.16. The van der Waals surface area contributed by atoms with Gasteiger partial charge in [-0.3, -0.25) is 4.79 Å². The molecule has 0 aliphatic carbocycles. The Morgan fingerprint density at radius 3 is 2.82 bits per heavy atom. The lowest BCUT2D eigenvalue weighted by molar-refractivity contribution is -0.123. The molecule has 1 amide bonds. The molecule has 0 radical (unpaired) electrons.